The second-order valence-corrected chi connectivity index (χ2v) is 6.28. The van der Waals surface area contributed by atoms with Gasteiger partial charge in [0.25, 0.3) is 0 Å². The van der Waals surface area contributed by atoms with Gasteiger partial charge in [-0.25, -0.2) is 0 Å². The summed E-state index contributed by atoms with van der Waals surface area (Å²) >= 11 is 0. The highest BCUT2D eigenvalue weighted by Crippen LogP contribution is 2.25. The maximum absolute atomic E-state index is 11.0. The first-order valence-corrected chi connectivity index (χ1v) is 8.88. The van der Waals surface area contributed by atoms with Crippen molar-refractivity contribution in [3.8, 4) is 11.1 Å². The van der Waals surface area contributed by atoms with Crippen LogP contribution in [0, 0.1) is 0 Å². The van der Waals surface area contributed by atoms with Crippen molar-refractivity contribution >= 4 is 11.7 Å². The Labute approximate surface area is 154 Å². The second-order valence-electron chi connectivity index (χ2n) is 6.28. The van der Waals surface area contributed by atoms with E-state index in [0.717, 1.165) is 23.2 Å². The van der Waals surface area contributed by atoms with Crippen molar-refractivity contribution in [1.82, 2.24) is 0 Å². The standard InChI is InChI=1S/C23H23NO2/c1-2-17-14-21(13-12-19(17)15-23(25)26)24-16-20-10-6-7-11-22(20)18-8-4-3-5-9-18/h3-14,24H,2,15-16H2,1H3,(H,25,26). The van der Waals surface area contributed by atoms with E-state index >= 15 is 0 Å². The Hall–Kier alpha value is -3.07. The van der Waals surface area contributed by atoms with E-state index in [2.05, 4.69) is 54.7 Å². The average Bonchev–Trinajstić information content (AvgIpc) is 2.67. The molecule has 3 heteroatoms. The number of hydrogen-bond donors (Lipinski definition) is 2. The van der Waals surface area contributed by atoms with Crippen LogP contribution in [-0.2, 0) is 24.2 Å². The number of rotatable bonds is 7. The predicted molar refractivity (Wildman–Crippen MR) is 106 cm³/mol. The van der Waals surface area contributed by atoms with E-state index in [-0.39, 0.29) is 6.42 Å². The van der Waals surface area contributed by atoms with E-state index in [4.69, 9.17) is 5.11 Å². The lowest BCUT2D eigenvalue weighted by Gasteiger charge is -2.14. The number of hydrogen-bond acceptors (Lipinski definition) is 2. The van der Waals surface area contributed by atoms with Gasteiger partial charge >= 0.3 is 5.97 Å². The van der Waals surface area contributed by atoms with Crippen LogP contribution in [0.2, 0.25) is 0 Å². The topological polar surface area (TPSA) is 49.3 Å². The molecule has 0 spiro atoms. The molecule has 3 aromatic rings. The van der Waals surface area contributed by atoms with Crippen LogP contribution in [0.3, 0.4) is 0 Å². The maximum Gasteiger partial charge on any atom is 0.307 e. The van der Waals surface area contributed by atoms with Gasteiger partial charge in [-0.2, -0.15) is 0 Å². The summed E-state index contributed by atoms with van der Waals surface area (Å²) in [7, 11) is 0. The minimum absolute atomic E-state index is 0.0697. The average molecular weight is 345 g/mol. The van der Waals surface area contributed by atoms with Crippen LogP contribution in [0.25, 0.3) is 11.1 Å². The van der Waals surface area contributed by atoms with Crippen LogP contribution < -0.4 is 5.32 Å². The fraction of sp³-hybridized carbons (Fsp3) is 0.174. The molecule has 0 saturated carbocycles. The van der Waals surface area contributed by atoms with Gasteiger partial charge in [0.05, 0.1) is 6.42 Å². The van der Waals surface area contributed by atoms with Gasteiger partial charge in [0, 0.05) is 12.2 Å². The van der Waals surface area contributed by atoms with E-state index in [0.29, 0.717) is 6.54 Å². The number of aryl methyl sites for hydroxylation is 1. The Bertz CT molecular complexity index is 888. The van der Waals surface area contributed by atoms with Gasteiger partial charge in [-0.1, -0.05) is 67.6 Å². The predicted octanol–water partition coefficient (Wildman–Crippen LogP) is 5.16. The lowest BCUT2D eigenvalue weighted by atomic mass is 9.99. The molecule has 0 atom stereocenters. The molecule has 0 aliphatic rings. The summed E-state index contributed by atoms with van der Waals surface area (Å²) < 4.78 is 0. The molecule has 26 heavy (non-hydrogen) atoms. The molecular weight excluding hydrogens is 322 g/mol. The molecule has 0 bridgehead atoms. The van der Waals surface area contributed by atoms with Gasteiger partial charge < -0.3 is 10.4 Å². The molecule has 132 valence electrons. The van der Waals surface area contributed by atoms with E-state index in [9.17, 15) is 4.79 Å². The highest BCUT2D eigenvalue weighted by molar-refractivity contribution is 5.71. The van der Waals surface area contributed by atoms with Crippen molar-refractivity contribution in [2.45, 2.75) is 26.3 Å². The zero-order valence-corrected chi connectivity index (χ0v) is 14.9. The van der Waals surface area contributed by atoms with Crippen LogP contribution >= 0.6 is 0 Å². The number of anilines is 1. The van der Waals surface area contributed by atoms with Crippen molar-refractivity contribution in [3.63, 3.8) is 0 Å². The zero-order chi connectivity index (χ0) is 18.4. The van der Waals surface area contributed by atoms with Gasteiger partial charge in [0.2, 0.25) is 0 Å². The lowest BCUT2D eigenvalue weighted by Crippen LogP contribution is -2.05. The van der Waals surface area contributed by atoms with Crippen LogP contribution in [0.4, 0.5) is 5.69 Å². The Morgan fingerprint density at radius 1 is 0.885 bits per heavy atom. The van der Waals surface area contributed by atoms with E-state index in [1.807, 2.05) is 30.3 Å². The normalized spacial score (nSPS) is 10.5. The van der Waals surface area contributed by atoms with Gasteiger partial charge in [0.15, 0.2) is 0 Å². The number of aliphatic carboxylic acids is 1. The SMILES string of the molecule is CCc1cc(NCc2ccccc2-c2ccccc2)ccc1CC(=O)O. The van der Waals surface area contributed by atoms with Crippen LogP contribution in [0.1, 0.15) is 23.6 Å². The van der Waals surface area contributed by atoms with Gasteiger partial charge in [-0.05, 0) is 46.4 Å². The molecule has 0 radical (unpaired) electrons. The lowest BCUT2D eigenvalue weighted by molar-refractivity contribution is -0.136. The summed E-state index contributed by atoms with van der Waals surface area (Å²) in [6.45, 7) is 2.77. The summed E-state index contributed by atoms with van der Waals surface area (Å²) in [6.07, 6.45) is 0.888. The maximum atomic E-state index is 11.0. The number of carboxylic acids is 1. The van der Waals surface area contributed by atoms with Crippen molar-refractivity contribution in [2.24, 2.45) is 0 Å². The van der Waals surface area contributed by atoms with Gasteiger partial charge in [-0.15, -0.1) is 0 Å². The molecule has 0 fully saturated rings. The molecular formula is C23H23NO2. The Morgan fingerprint density at radius 3 is 2.35 bits per heavy atom. The van der Waals surface area contributed by atoms with E-state index in [1.54, 1.807) is 0 Å². The van der Waals surface area contributed by atoms with Crippen LogP contribution in [0.15, 0.2) is 72.8 Å². The summed E-state index contributed by atoms with van der Waals surface area (Å²) in [5.74, 6) is -0.794. The number of carbonyl (C=O) groups is 1. The minimum Gasteiger partial charge on any atom is -0.481 e. The Balaban J connectivity index is 1.79. The van der Waals surface area contributed by atoms with Gasteiger partial charge in [-0.3, -0.25) is 4.79 Å². The minimum atomic E-state index is -0.794. The van der Waals surface area contributed by atoms with Crippen LogP contribution in [0.5, 0.6) is 0 Å². The molecule has 3 aromatic carbocycles. The fourth-order valence-corrected chi connectivity index (χ4v) is 3.17. The molecule has 2 N–H and O–H groups in total. The first-order chi connectivity index (χ1) is 12.7. The molecule has 0 unspecified atom stereocenters. The second kappa shape index (κ2) is 8.34. The summed E-state index contributed by atoms with van der Waals surface area (Å²) in [5.41, 5.74) is 6.63. The molecule has 0 aromatic heterocycles. The number of benzene rings is 3. The smallest absolute Gasteiger partial charge is 0.307 e. The number of nitrogens with one attached hydrogen (secondary N) is 1. The van der Waals surface area contributed by atoms with Crippen molar-refractivity contribution in [2.75, 3.05) is 5.32 Å². The van der Waals surface area contributed by atoms with Crippen molar-refractivity contribution in [3.05, 3.63) is 89.5 Å². The van der Waals surface area contributed by atoms with Crippen molar-refractivity contribution < 1.29 is 9.90 Å². The first-order valence-electron chi connectivity index (χ1n) is 8.88. The molecule has 3 nitrogen and oxygen atoms in total. The molecule has 0 amide bonds. The Kier molecular flexibility index (Phi) is 5.69. The highest BCUT2D eigenvalue weighted by Gasteiger charge is 2.08. The fourth-order valence-electron chi connectivity index (χ4n) is 3.17. The molecule has 0 saturated heterocycles. The highest BCUT2D eigenvalue weighted by atomic mass is 16.4. The van der Waals surface area contributed by atoms with Crippen molar-refractivity contribution in [1.29, 1.82) is 0 Å². The zero-order valence-electron chi connectivity index (χ0n) is 14.9. The summed E-state index contributed by atoms with van der Waals surface area (Å²) in [5, 5.41) is 12.5. The third-order valence-corrected chi connectivity index (χ3v) is 4.51. The molecule has 0 aliphatic carbocycles. The third-order valence-electron chi connectivity index (χ3n) is 4.51. The molecule has 3 rings (SSSR count). The third kappa shape index (κ3) is 4.31. The largest absolute Gasteiger partial charge is 0.481 e. The van der Waals surface area contributed by atoms with E-state index < -0.39 is 5.97 Å². The quantitative estimate of drug-likeness (QED) is 0.622. The monoisotopic (exact) mass is 345 g/mol. The van der Waals surface area contributed by atoms with Crippen LogP contribution in [-0.4, -0.2) is 11.1 Å². The molecule has 0 heterocycles. The summed E-state index contributed by atoms with van der Waals surface area (Å²) in [6, 6.07) is 24.7. The summed E-state index contributed by atoms with van der Waals surface area (Å²) in [4.78, 5) is 11.0. The van der Waals surface area contributed by atoms with E-state index in [1.165, 1.54) is 16.7 Å². The van der Waals surface area contributed by atoms with Gasteiger partial charge in [0.1, 0.15) is 0 Å². The molecule has 0 aliphatic heterocycles. The number of carboxylic acid groups (broad SMARTS) is 1. The first kappa shape index (κ1) is 17.7. The Morgan fingerprint density at radius 2 is 1.62 bits per heavy atom.